The number of amides is 5. The van der Waals surface area contributed by atoms with Gasteiger partial charge in [0.2, 0.25) is 29.4 Å². The van der Waals surface area contributed by atoms with Crippen molar-refractivity contribution in [2.75, 3.05) is 19.8 Å². The molecule has 224 valence electrons. The molecule has 1 heterocycles. The van der Waals surface area contributed by atoms with Crippen LogP contribution in [0, 0.1) is 23.7 Å². The smallest absolute Gasteiger partial charge is 0.287 e. The van der Waals surface area contributed by atoms with Crippen molar-refractivity contribution in [2.45, 2.75) is 96.2 Å². The van der Waals surface area contributed by atoms with Gasteiger partial charge in [-0.15, -0.1) is 0 Å². The van der Waals surface area contributed by atoms with E-state index in [1.165, 1.54) is 11.8 Å². The molecule has 12 heteroatoms. The van der Waals surface area contributed by atoms with Gasteiger partial charge >= 0.3 is 0 Å². The summed E-state index contributed by atoms with van der Waals surface area (Å²) in [6.07, 6.45) is 7.71. The molecule has 0 aromatic carbocycles. The van der Waals surface area contributed by atoms with Gasteiger partial charge in [-0.2, -0.15) is 0 Å². The quantitative estimate of drug-likeness (QED) is 0.240. The molecule has 3 rings (SSSR count). The van der Waals surface area contributed by atoms with Crippen LogP contribution in [0.5, 0.6) is 0 Å². The molecule has 5 amide bonds. The van der Waals surface area contributed by atoms with Crippen molar-refractivity contribution < 1.29 is 33.2 Å². The van der Waals surface area contributed by atoms with E-state index in [1.54, 1.807) is 6.92 Å². The lowest BCUT2D eigenvalue weighted by Crippen LogP contribution is -2.60. The number of likely N-dealkylation sites (tertiary alicyclic amines) is 1. The Kier molecular flexibility index (Phi) is 11.4. The van der Waals surface area contributed by atoms with Crippen LogP contribution < -0.4 is 21.7 Å². The molecule has 0 aromatic heterocycles. The van der Waals surface area contributed by atoms with Crippen molar-refractivity contribution in [3.05, 3.63) is 0 Å². The zero-order valence-corrected chi connectivity index (χ0v) is 23.6. The summed E-state index contributed by atoms with van der Waals surface area (Å²) in [7, 11) is 0. The second-order valence-corrected chi connectivity index (χ2v) is 11.7. The van der Waals surface area contributed by atoms with Gasteiger partial charge < -0.3 is 26.6 Å². The highest BCUT2D eigenvalue weighted by Gasteiger charge is 2.48. The molecule has 40 heavy (non-hydrogen) atoms. The van der Waals surface area contributed by atoms with Gasteiger partial charge in [-0.1, -0.05) is 45.4 Å². The highest BCUT2D eigenvalue weighted by atomic mass is 19.1. The Labute approximate surface area is 234 Å². The summed E-state index contributed by atoms with van der Waals surface area (Å²) in [6, 6.07) is -3.09. The van der Waals surface area contributed by atoms with Crippen LogP contribution in [0.15, 0.2) is 0 Å². The van der Waals surface area contributed by atoms with E-state index in [0.29, 0.717) is 6.42 Å². The number of rotatable bonds is 13. The Morgan fingerprint density at radius 1 is 0.950 bits per heavy atom. The van der Waals surface area contributed by atoms with Gasteiger partial charge in [-0.25, -0.2) is 0 Å². The topological polar surface area (TPSA) is 168 Å². The Morgan fingerprint density at radius 3 is 2.17 bits per heavy atom. The first-order valence-corrected chi connectivity index (χ1v) is 14.6. The summed E-state index contributed by atoms with van der Waals surface area (Å²) in [5.41, 5.74) is 5.27. The lowest BCUT2D eigenvalue weighted by molar-refractivity contribution is -0.145. The van der Waals surface area contributed by atoms with Crippen LogP contribution in [0.25, 0.3) is 0 Å². The fourth-order valence-electron chi connectivity index (χ4n) is 6.29. The van der Waals surface area contributed by atoms with E-state index in [-0.39, 0.29) is 37.3 Å². The van der Waals surface area contributed by atoms with Gasteiger partial charge in [0.15, 0.2) is 0 Å². The van der Waals surface area contributed by atoms with Crippen molar-refractivity contribution in [1.29, 1.82) is 0 Å². The number of hydrogen-bond donors (Lipinski definition) is 4. The Balaban J connectivity index is 1.85. The normalized spacial score (nSPS) is 23.8. The van der Waals surface area contributed by atoms with E-state index >= 15 is 0 Å². The number of nitrogens with one attached hydrogen (secondary N) is 3. The maximum absolute atomic E-state index is 14.1. The number of carbonyl (C=O) groups is 6. The third-order valence-corrected chi connectivity index (χ3v) is 8.84. The van der Waals surface area contributed by atoms with Gasteiger partial charge in [-0.05, 0) is 49.4 Å². The number of primary amides is 1. The van der Waals surface area contributed by atoms with Crippen LogP contribution in [-0.4, -0.2) is 78.1 Å². The maximum Gasteiger partial charge on any atom is 0.287 e. The van der Waals surface area contributed by atoms with Crippen molar-refractivity contribution >= 4 is 35.3 Å². The molecule has 2 aliphatic carbocycles. The van der Waals surface area contributed by atoms with Crippen LogP contribution in [0.2, 0.25) is 0 Å². The van der Waals surface area contributed by atoms with E-state index in [0.717, 1.165) is 51.4 Å². The lowest BCUT2D eigenvalue weighted by atomic mass is 9.80. The minimum atomic E-state index is -1.14. The van der Waals surface area contributed by atoms with Crippen molar-refractivity contribution in [2.24, 2.45) is 29.4 Å². The van der Waals surface area contributed by atoms with E-state index in [2.05, 4.69) is 16.0 Å². The van der Waals surface area contributed by atoms with Gasteiger partial charge in [0.05, 0.1) is 19.3 Å². The van der Waals surface area contributed by atoms with E-state index in [1.807, 2.05) is 0 Å². The molecule has 0 spiro atoms. The Bertz CT molecular complexity index is 967. The van der Waals surface area contributed by atoms with Crippen LogP contribution in [0.4, 0.5) is 4.39 Å². The van der Waals surface area contributed by atoms with Crippen molar-refractivity contribution in [3.8, 4) is 0 Å². The molecular formula is C28H44FN5O6. The number of alkyl halides is 1. The summed E-state index contributed by atoms with van der Waals surface area (Å²) < 4.78 is 13.9. The van der Waals surface area contributed by atoms with Crippen molar-refractivity contribution in [1.82, 2.24) is 20.9 Å². The molecule has 3 aliphatic rings. The van der Waals surface area contributed by atoms with E-state index < -0.39 is 66.0 Å². The summed E-state index contributed by atoms with van der Waals surface area (Å²) in [6.45, 7) is 2.18. The number of nitrogens with zero attached hydrogens (tertiary/aromatic N) is 1. The maximum atomic E-state index is 14.1. The molecule has 3 fully saturated rings. The summed E-state index contributed by atoms with van der Waals surface area (Å²) in [4.78, 5) is 77.5. The first-order valence-electron chi connectivity index (χ1n) is 14.6. The van der Waals surface area contributed by atoms with Crippen LogP contribution in [0.1, 0.15) is 78.1 Å². The second-order valence-electron chi connectivity index (χ2n) is 11.7. The molecule has 2 saturated carbocycles. The minimum Gasteiger partial charge on any atom is -0.363 e. The number of nitrogens with two attached hydrogens (primary N) is 1. The number of ketones is 1. The van der Waals surface area contributed by atoms with E-state index in [4.69, 9.17) is 5.73 Å². The van der Waals surface area contributed by atoms with Crippen LogP contribution >= 0.6 is 0 Å². The zero-order chi connectivity index (χ0) is 29.4. The first kappa shape index (κ1) is 31.5. The lowest BCUT2D eigenvalue weighted by Gasteiger charge is -2.36. The fourth-order valence-corrected chi connectivity index (χ4v) is 6.29. The molecular weight excluding hydrogens is 521 g/mol. The van der Waals surface area contributed by atoms with Gasteiger partial charge in [0, 0.05) is 13.5 Å². The first-order chi connectivity index (χ1) is 19.0. The van der Waals surface area contributed by atoms with Gasteiger partial charge in [-0.3, -0.25) is 33.2 Å². The summed E-state index contributed by atoms with van der Waals surface area (Å²) >= 11 is 0. The predicted octanol–water partition coefficient (Wildman–Crippen LogP) is 0.740. The molecule has 1 saturated heterocycles. The third-order valence-electron chi connectivity index (χ3n) is 8.84. The van der Waals surface area contributed by atoms with Gasteiger partial charge in [0.1, 0.15) is 12.1 Å². The van der Waals surface area contributed by atoms with Gasteiger partial charge in [0.25, 0.3) is 5.91 Å². The highest BCUT2D eigenvalue weighted by Crippen LogP contribution is 2.35. The molecule has 4 unspecified atom stereocenters. The second kappa shape index (κ2) is 14.5. The van der Waals surface area contributed by atoms with Crippen molar-refractivity contribution in [3.63, 3.8) is 0 Å². The molecule has 11 nitrogen and oxygen atoms in total. The van der Waals surface area contributed by atoms with Crippen LogP contribution in [-0.2, 0) is 28.8 Å². The molecule has 0 radical (unpaired) electrons. The number of halogens is 1. The fraction of sp³-hybridized carbons (Fsp3) is 0.786. The Morgan fingerprint density at radius 2 is 1.62 bits per heavy atom. The van der Waals surface area contributed by atoms with E-state index in [9.17, 15) is 33.2 Å². The Hall–Kier alpha value is -3.05. The average molecular weight is 566 g/mol. The molecule has 0 bridgehead atoms. The molecule has 0 aromatic rings. The predicted molar refractivity (Wildman–Crippen MR) is 144 cm³/mol. The number of hydrogen-bond acceptors (Lipinski definition) is 6. The zero-order valence-electron chi connectivity index (χ0n) is 23.6. The average Bonchev–Trinajstić information content (AvgIpc) is 3.36. The summed E-state index contributed by atoms with van der Waals surface area (Å²) in [5.74, 6) is -4.99. The molecule has 5 atom stereocenters. The number of carbonyl (C=O) groups excluding carboxylic acids is 6. The minimum absolute atomic E-state index is 0.147. The third kappa shape index (κ3) is 8.00. The monoisotopic (exact) mass is 565 g/mol. The number of Topliss-reactive ketones (excluding diaryl/α,β-unsaturated/α-hetero) is 1. The molecule has 5 N–H and O–H groups in total. The summed E-state index contributed by atoms with van der Waals surface area (Å²) in [5, 5.41) is 7.90. The SMILES string of the molecule is CC(=O)NCC(=O)NC(C(=O)N1CC[C@H](C(C)CF)C1C(=O)NC(CC1CCC1)C(=O)C(N)=O)C1CCCCC1. The standard InChI is InChI=1S/C28H44FN5O6/c1-16(14-29)20-11-12-34(24(20)27(39)32-21(25(37)26(30)38)13-18-7-6-8-18)28(40)23(19-9-4-3-5-10-19)33-22(36)15-31-17(2)35/h16,18-21,23-24H,3-15H2,1-2H3,(H2,30,38)(H,31,35)(H,32,39)(H,33,36)/t16?,20-,21?,23?,24?/m1/s1. The molecule has 1 aliphatic heterocycles. The highest BCUT2D eigenvalue weighted by molar-refractivity contribution is 6.37. The van der Waals surface area contributed by atoms with Crippen LogP contribution in [0.3, 0.4) is 0 Å². The largest absolute Gasteiger partial charge is 0.363 e.